The molecule has 3 rings (SSSR count). The molecule has 180 valence electrons. The average molecular weight is 472 g/mol. The van der Waals surface area contributed by atoms with E-state index in [-0.39, 0.29) is 24.8 Å². The number of hydrogen-bond donors (Lipinski definition) is 1. The summed E-state index contributed by atoms with van der Waals surface area (Å²) in [7, 11) is 1.48. The maximum Gasteiger partial charge on any atom is 0.277 e. The minimum atomic E-state index is -0.524. The van der Waals surface area contributed by atoms with Gasteiger partial charge in [0.15, 0.2) is 24.7 Å². The lowest BCUT2D eigenvalue weighted by Gasteiger charge is -2.26. The maximum atomic E-state index is 12.2. The number of non-ortho nitro benzene ring substituents is 1. The molecule has 1 aliphatic heterocycles. The largest absolute Gasteiger partial charge is 0.493 e. The van der Waals surface area contributed by atoms with Crippen LogP contribution in [0, 0.1) is 10.1 Å². The fraction of sp³-hybridized carbons (Fsp3) is 0.318. The van der Waals surface area contributed by atoms with Gasteiger partial charge in [-0.3, -0.25) is 19.7 Å². The fourth-order valence-corrected chi connectivity index (χ4v) is 2.95. The molecule has 1 fully saturated rings. The number of rotatable bonds is 10. The molecule has 0 saturated carbocycles. The molecule has 0 unspecified atom stereocenters. The Morgan fingerprint density at radius 2 is 1.85 bits per heavy atom. The van der Waals surface area contributed by atoms with Crippen molar-refractivity contribution in [2.45, 2.75) is 0 Å². The molecule has 1 heterocycles. The number of ether oxygens (including phenoxy) is 4. The average Bonchev–Trinajstić information content (AvgIpc) is 2.87. The van der Waals surface area contributed by atoms with Crippen LogP contribution in [0.25, 0.3) is 0 Å². The number of nitrogens with one attached hydrogen (secondary N) is 1. The molecule has 1 saturated heterocycles. The van der Waals surface area contributed by atoms with E-state index < -0.39 is 10.8 Å². The number of hydrazone groups is 1. The van der Waals surface area contributed by atoms with Crippen LogP contribution >= 0.6 is 0 Å². The van der Waals surface area contributed by atoms with Gasteiger partial charge >= 0.3 is 0 Å². The van der Waals surface area contributed by atoms with Crippen LogP contribution in [0.1, 0.15) is 5.56 Å². The Bertz CT molecular complexity index is 1040. The first-order valence-corrected chi connectivity index (χ1v) is 10.3. The molecule has 0 spiro atoms. The smallest absolute Gasteiger partial charge is 0.277 e. The number of benzene rings is 2. The Balaban J connectivity index is 1.46. The Kier molecular flexibility index (Phi) is 8.74. The van der Waals surface area contributed by atoms with Gasteiger partial charge in [-0.2, -0.15) is 5.10 Å². The number of nitro benzene ring substituents is 1. The van der Waals surface area contributed by atoms with Crippen molar-refractivity contribution in [2.75, 3.05) is 46.6 Å². The summed E-state index contributed by atoms with van der Waals surface area (Å²) in [5.74, 6) is 0.489. The summed E-state index contributed by atoms with van der Waals surface area (Å²) in [5, 5.41) is 14.5. The van der Waals surface area contributed by atoms with Crippen LogP contribution in [0.4, 0.5) is 5.69 Å². The summed E-state index contributed by atoms with van der Waals surface area (Å²) in [4.78, 5) is 35.9. The second kappa shape index (κ2) is 12.2. The molecule has 0 aliphatic carbocycles. The first-order chi connectivity index (χ1) is 16.5. The van der Waals surface area contributed by atoms with Gasteiger partial charge < -0.3 is 23.8 Å². The van der Waals surface area contributed by atoms with Crippen LogP contribution in [0.2, 0.25) is 0 Å². The van der Waals surface area contributed by atoms with Crippen molar-refractivity contribution in [1.82, 2.24) is 10.3 Å². The Morgan fingerprint density at radius 3 is 2.53 bits per heavy atom. The SMILES string of the molecule is COc1cc(/C=N\NC(=O)COc2ccc([N+](=O)[O-])cc2)ccc1OCC(=O)N1CCOCC1. The summed E-state index contributed by atoms with van der Waals surface area (Å²) in [5.41, 5.74) is 2.88. The van der Waals surface area contributed by atoms with Gasteiger partial charge in [-0.25, -0.2) is 5.43 Å². The van der Waals surface area contributed by atoms with E-state index in [9.17, 15) is 19.7 Å². The molecule has 0 bridgehead atoms. The van der Waals surface area contributed by atoms with Crippen molar-refractivity contribution in [3.8, 4) is 17.2 Å². The highest BCUT2D eigenvalue weighted by Gasteiger charge is 2.18. The van der Waals surface area contributed by atoms with Gasteiger partial charge in [0.25, 0.3) is 17.5 Å². The lowest BCUT2D eigenvalue weighted by Crippen LogP contribution is -2.43. The third-order valence-corrected chi connectivity index (χ3v) is 4.72. The summed E-state index contributed by atoms with van der Waals surface area (Å²) < 4.78 is 21.4. The molecule has 2 aromatic rings. The Hall–Kier alpha value is -4.19. The molecule has 2 amide bonds. The highest BCUT2D eigenvalue weighted by atomic mass is 16.6. The van der Waals surface area contributed by atoms with E-state index in [2.05, 4.69) is 10.5 Å². The van der Waals surface area contributed by atoms with Gasteiger partial charge in [0.05, 0.1) is 31.5 Å². The molecule has 12 heteroatoms. The number of hydrogen-bond acceptors (Lipinski definition) is 9. The quantitative estimate of drug-likeness (QED) is 0.310. The minimum absolute atomic E-state index is 0.0723. The van der Waals surface area contributed by atoms with E-state index in [0.717, 1.165) is 0 Å². The van der Waals surface area contributed by atoms with Gasteiger partial charge in [-0.05, 0) is 35.9 Å². The molecular weight excluding hydrogens is 448 g/mol. The second-order valence-corrected chi connectivity index (χ2v) is 7.02. The third-order valence-electron chi connectivity index (χ3n) is 4.72. The monoisotopic (exact) mass is 472 g/mol. The van der Waals surface area contributed by atoms with Crippen LogP contribution in [0.3, 0.4) is 0 Å². The summed E-state index contributed by atoms with van der Waals surface area (Å²) >= 11 is 0. The standard InChI is InChI=1S/C22H24N4O8/c1-31-20-12-16(2-7-19(20)34-15-22(28)25-8-10-32-11-9-25)13-23-24-21(27)14-33-18-5-3-17(4-6-18)26(29)30/h2-7,12-13H,8-11,14-15H2,1H3,(H,24,27)/b23-13-. The van der Waals surface area contributed by atoms with Crippen molar-refractivity contribution >= 4 is 23.7 Å². The highest BCUT2D eigenvalue weighted by molar-refractivity contribution is 5.84. The van der Waals surface area contributed by atoms with Crippen LogP contribution < -0.4 is 19.6 Å². The maximum absolute atomic E-state index is 12.2. The van der Waals surface area contributed by atoms with Gasteiger partial charge in [-0.15, -0.1) is 0 Å². The molecule has 1 aliphatic rings. The normalized spacial score (nSPS) is 13.4. The predicted octanol–water partition coefficient (Wildman–Crippen LogP) is 1.37. The van der Waals surface area contributed by atoms with Gasteiger partial charge in [-0.1, -0.05) is 0 Å². The zero-order chi connectivity index (χ0) is 24.3. The van der Waals surface area contributed by atoms with Crippen molar-refractivity contribution in [3.63, 3.8) is 0 Å². The molecule has 1 N–H and O–H groups in total. The number of morpholine rings is 1. The third kappa shape index (κ3) is 7.17. The van der Waals surface area contributed by atoms with E-state index in [1.807, 2.05) is 0 Å². The Morgan fingerprint density at radius 1 is 1.12 bits per heavy atom. The minimum Gasteiger partial charge on any atom is -0.493 e. The highest BCUT2D eigenvalue weighted by Crippen LogP contribution is 2.27. The summed E-state index contributed by atoms with van der Waals surface area (Å²) in [6.07, 6.45) is 1.41. The molecule has 2 aromatic carbocycles. The van der Waals surface area contributed by atoms with E-state index in [0.29, 0.717) is 49.1 Å². The fourth-order valence-electron chi connectivity index (χ4n) is 2.95. The van der Waals surface area contributed by atoms with Crippen LogP contribution in [0.5, 0.6) is 17.2 Å². The predicted molar refractivity (Wildman–Crippen MR) is 120 cm³/mol. The van der Waals surface area contributed by atoms with Gasteiger partial charge in [0.2, 0.25) is 0 Å². The topological polar surface area (TPSA) is 142 Å². The number of carbonyl (C=O) groups is 2. The number of nitrogens with zero attached hydrogens (tertiary/aromatic N) is 3. The molecule has 0 aromatic heterocycles. The molecular formula is C22H24N4O8. The van der Waals surface area contributed by atoms with Crippen molar-refractivity contribution in [3.05, 3.63) is 58.1 Å². The zero-order valence-electron chi connectivity index (χ0n) is 18.5. The number of nitro groups is 1. The first kappa shape index (κ1) is 24.5. The van der Waals surface area contributed by atoms with E-state index in [1.165, 1.54) is 37.6 Å². The lowest BCUT2D eigenvalue weighted by atomic mass is 10.2. The van der Waals surface area contributed by atoms with Crippen molar-refractivity contribution < 1.29 is 33.5 Å². The van der Waals surface area contributed by atoms with Crippen molar-refractivity contribution in [2.24, 2.45) is 5.10 Å². The number of amides is 2. The molecule has 34 heavy (non-hydrogen) atoms. The summed E-state index contributed by atoms with van der Waals surface area (Å²) in [6, 6.07) is 10.4. The second-order valence-electron chi connectivity index (χ2n) is 7.02. The van der Waals surface area contributed by atoms with Gasteiger partial charge in [0, 0.05) is 25.2 Å². The van der Waals surface area contributed by atoms with Crippen LogP contribution in [0.15, 0.2) is 47.6 Å². The zero-order valence-corrected chi connectivity index (χ0v) is 18.5. The van der Waals surface area contributed by atoms with E-state index >= 15 is 0 Å². The van der Waals surface area contributed by atoms with Gasteiger partial charge in [0.1, 0.15) is 5.75 Å². The number of methoxy groups -OCH3 is 1. The molecule has 12 nitrogen and oxygen atoms in total. The van der Waals surface area contributed by atoms with E-state index in [4.69, 9.17) is 18.9 Å². The van der Waals surface area contributed by atoms with Crippen LogP contribution in [-0.2, 0) is 14.3 Å². The molecule has 0 radical (unpaired) electrons. The molecule has 0 atom stereocenters. The van der Waals surface area contributed by atoms with Crippen molar-refractivity contribution in [1.29, 1.82) is 0 Å². The van der Waals surface area contributed by atoms with Crippen LogP contribution in [-0.4, -0.2) is 74.5 Å². The number of carbonyl (C=O) groups excluding carboxylic acids is 2. The lowest BCUT2D eigenvalue weighted by molar-refractivity contribution is -0.384. The Labute approximate surface area is 195 Å². The first-order valence-electron chi connectivity index (χ1n) is 10.3. The summed E-state index contributed by atoms with van der Waals surface area (Å²) in [6.45, 7) is 1.68. The van der Waals surface area contributed by atoms with E-state index in [1.54, 1.807) is 23.1 Å².